The van der Waals surface area contributed by atoms with Gasteiger partial charge >= 0.3 is 5.97 Å². The van der Waals surface area contributed by atoms with E-state index in [-0.39, 0.29) is 5.75 Å². The highest BCUT2D eigenvalue weighted by molar-refractivity contribution is 5.89. The number of phenolic OH excluding ortho intramolecular Hbond substituents is 1. The van der Waals surface area contributed by atoms with Crippen LogP contribution in [0.4, 0.5) is 0 Å². The van der Waals surface area contributed by atoms with Crippen LogP contribution in [0.5, 0.6) is 5.75 Å². The molecule has 3 rings (SSSR count). The smallest absolute Gasteiger partial charge is 0.339 e. The SMILES string of the molecule is COC(=O)c1ccc2nnc(-c3ccc(O)cc3)n2c1. The molecule has 1 N–H and O–H groups in total. The first-order valence-corrected chi connectivity index (χ1v) is 5.91. The highest BCUT2D eigenvalue weighted by Gasteiger charge is 2.11. The summed E-state index contributed by atoms with van der Waals surface area (Å²) >= 11 is 0. The van der Waals surface area contributed by atoms with Gasteiger partial charge in [-0.15, -0.1) is 10.2 Å². The Kier molecular flexibility index (Phi) is 2.83. The molecule has 100 valence electrons. The van der Waals surface area contributed by atoms with Crippen molar-refractivity contribution in [3.05, 3.63) is 48.2 Å². The van der Waals surface area contributed by atoms with Crippen molar-refractivity contribution in [2.45, 2.75) is 0 Å². The third kappa shape index (κ3) is 1.97. The molecule has 0 aliphatic rings. The molecule has 0 aliphatic heterocycles. The minimum Gasteiger partial charge on any atom is -0.508 e. The summed E-state index contributed by atoms with van der Waals surface area (Å²) in [5.41, 5.74) is 1.83. The fourth-order valence-corrected chi connectivity index (χ4v) is 1.94. The van der Waals surface area contributed by atoms with Gasteiger partial charge < -0.3 is 9.84 Å². The van der Waals surface area contributed by atoms with Crippen molar-refractivity contribution in [2.75, 3.05) is 7.11 Å². The molecule has 2 aromatic heterocycles. The molecular weight excluding hydrogens is 258 g/mol. The molecule has 0 atom stereocenters. The number of esters is 1. The Hall–Kier alpha value is -2.89. The molecule has 0 fully saturated rings. The zero-order valence-corrected chi connectivity index (χ0v) is 10.6. The number of phenols is 1. The number of ether oxygens (including phenoxy) is 1. The number of aromatic nitrogens is 3. The third-order valence-electron chi connectivity index (χ3n) is 2.95. The summed E-state index contributed by atoms with van der Waals surface area (Å²) in [7, 11) is 1.33. The average Bonchev–Trinajstić information content (AvgIpc) is 2.90. The normalized spacial score (nSPS) is 10.7. The van der Waals surface area contributed by atoms with E-state index in [2.05, 4.69) is 10.2 Å². The van der Waals surface area contributed by atoms with E-state index in [0.717, 1.165) is 5.56 Å². The second kappa shape index (κ2) is 4.65. The number of hydrogen-bond acceptors (Lipinski definition) is 5. The van der Waals surface area contributed by atoms with Gasteiger partial charge in [-0.3, -0.25) is 4.40 Å². The number of carbonyl (C=O) groups is 1. The highest BCUT2D eigenvalue weighted by Crippen LogP contribution is 2.21. The molecule has 0 amide bonds. The van der Waals surface area contributed by atoms with Crippen molar-refractivity contribution in [2.24, 2.45) is 0 Å². The van der Waals surface area contributed by atoms with Crippen molar-refractivity contribution in [1.82, 2.24) is 14.6 Å². The lowest BCUT2D eigenvalue weighted by molar-refractivity contribution is 0.0600. The molecule has 6 nitrogen and oxygen atoms in total. The summed E-state index contributed by atoms with van der Waals surface area (Å²) in [6, 6.07) is 9.94. The number of fused-ring (bicyclic) bond motifs is 1. The lowest BCUT2D eigenvalue weighted by Crippen LogP contribution is -2.03. The van der Waals surface area contributed by atoms with Crippen LogP contribution in [0.2, 0.25) is 0 Å². The van der Waals surface area contributed by atoms with Crippen LogP contribution in [0.1, 0.15) is 10.4 Å². The largest absolute Gasteiger partial charge is 0.508 e. The van der Waals surface area contributed by atoms with Gasteiger partial charge in [0.15, 0.2) is 11.5 Å². The van der Waals surface area contributed by atoms with Gasteiger partial charge in [0.2, 0.25) is 0 Å². The van der Waals surface area contributed by atoms with E-state index in [1.54, 1.807) is 47.0 Å². The average molecular weight is 269 g/mol. The van der Waals surface area contributed by atoms with Crippen LogP contribution in [-0.2, 0) is 4.74 Å². The van der Waals surface area contributed by atoms with E-state index in [0.29, 0.717) is 17.0 Å². The van der Waals surface area contributed by atoms with Gasteiger partial charge in [-0.25, -0.2) is 4.79 Å². The minimum atomic E-state index is -0.419. The molecule has 2 heterocycles. The van der Waals surface area contributed by atoms with Crippen molar-refractivity contribution in [1.29, 1.82) is 0 Å². The Morgan fingerprint density at radius 2 is 1.90 bits per heavy atom. The zero-order chi connectivity index (χ0) is 14.1. The lowest BCUT2D eigenvalue weighted by Gasteiger charge is -2.03. The molecule has 20 heavy (non-hydrogen) atoms. The first-order chi connectivity index (χ1) is 9.69. The Bertz CT molecular complexity index is 778. The summed E-state index contributed by atoms with van der Waals surface area (Å²) in [6.07, 6.45) is 1.63. The lowest BCUT2D eigenvalue weighted by atomic mass is 10.2. The van der Waals surface area contributed by atoms with E-state index >= 15 is 0 Å². The number of carbonyl (C=O) groups excluding carboxylic acids is 1. The van der Waals surface area contributed by atoms with Gasteiger partial charge in [0, 0.05) is 11.8 Å². The predicted molar refractivity (Wildman–Crippen MR) is 71.4 cm³/mol. The van der Waals surface area contributed by atoms with E-state index in [9.17, 15) is 9.90 Å². The third-order valence-corrected chi connectivity index (χ3v) is 2.95. The maximum absolute atomic E-state index is 11.6. The Morgan fingerprint density at radius 1 is 1.15 bits per heavy atom. The summed E-state index contributed by atoms with van der Waals surface area (Å²) < 4.78 is 6.40. The molecule has 1 aromatic carbocycles. The van der Waals surface area contributed by atoms with Crippen molar-refractivity contribution in [3.8, 4) is 17.1 Å². The first-order valence-electron chi connectivity index (χ1n) is 5.91. The van der Waals surface area contributed by atoms with Gasteiger partial charge in [0.1, 0.15) is 5.75 Å². The molecular formula is C14H11N3O3. The van der Waals surface area contributed by atoms with E-state index in [1.807, 2.05) is 0 Å². The second-order valence-corrected chi connectivity index (χ2v) is 4.21. The standard InChI is InChI=1S/C14H11N3O3/c1-20-14(19)10-4-7-12-15-16-13(17(12)8-10)9-2-5-11(18)6-3-9/h2-8,18H,1H3. The molecule has 0 bridgehead atoms. The van der Waals surface area contributed by atoms with E-state index in [4.69, 9.17) is 4.74 Å². The molecule has 0 radical (unpaired) electrons. The van der Waals surface area contributed by atoms with Gasteiger partial charge in [-0.05, 0) is 36.4 Å². The summed E-state index contributed by atoms with van der Waals surface area (Å²) in [6.45, 7) is 0. The Balaban J connectivity index is 2.16. The monoisotopic (exact) mass is 269 g/mol. The van der Waals surface area contributed by atoms with Gasteiger partial charge in [-0.1, -0.05) is 0 Å². The quantitative estimate of drug-likeness (QED) is 0.719. The van der Waals surface area contributed by atoms with Crippen molar-refractivity contribution < 1.29 is 14.6 Å². The van der Waals surface area contributed by atoms with Crippen LogP contribution in [0.3, 0.4) is 0 Å². The van der Waals surface area contributed by atoms with E-state index in [1.165, 1.54) is 7.11 Å². The first kappa shape index (κ1) is 12.2. The number of hydrogen-bond donors (Lipinski definition) is 1. The summed E-state index contributed by atoms with van der Waals surface area (Å²) in [4.78, 5) is 11.6. The zero-order valence-electron chi connectivity index (χ0n) is 10.6. The molecule has 0 aliphatic carbocycles. The number of methoxy groups -OCH3 is 1. The molecule has 6 heteroatoms. The van der Waals surface area contributed by atoms with Crippen LogP contribution < -0.4 is 0 Å². The fraction of sp³-hybridized carbons (Fsp3) is 0.0714. The minimum absolute atomic E-state index is 0.179. The fourth-order valence-electron chi connectivity index (χ4n) is 1.94. The summed E-state index contributed by atoms with van der Waals surface area (Å²) in [5.74, 6) is 0.348. The number of aromatic hydroxyl groups is 1. The van der Waals surface area contributed by atoms with Gasteiger partial charge in [-0.2, -0.15) is 0 Å². The maximum Gasteiger partial charge on any atom is 0.339 e. The molecule has 0 unspecified atom stereocenters. The molecule has 0 spiro atoms. The second-order valence-electron chi connectivity index (χ2n) is 4.21. The Morgan fingerprint density at radius 3 is 2.60 bits per heavy atom. The Labute approximate surface area is 114 Å². The van der Waals surface area contributed by atoms with Crippen LogP contribution in [0.25, 0.3) is 17.0 Å². The van der Waals surface area contributed by atoms with Gasteiger partial charge in [0.05, 0.1) is 12.7 Å². The number of nitrogens with zero attached hydrogens (tertiary/aromatic N) is 3. The van der Waals surface area contributed by atoms with E-state index < -0.39 is 5.97 Å². The van der Waals surface area contributed by atoms with Crippen molar-refractivity contribution >= 4 is 11.6 Å². The van der Waals surface area contributed by atoms with Gasteiger partial charge in [0.25, 0.3) is 0 Å². The number of benzene rings is 1. The number of pyridine rings is 1. The van der Waals surface area contributed by atoms with Crippen LogP contribution >= 0.6 is 0 Å². The highest BCUT2D eigenvalue weighted by atomic mass is 16.5. The van der Waals surface area contributed by atoms with Crippen LogP contribution in [0, 0.1) is 0 Å². The van der Waals surface area contributed by atoms with Crippen molar-refractivity contribution in [3.63, 3.8) is 0 Å². The predicted octanol–water partition coefficient (Wildman–Crippen LogP) is 1.89. The molecule has 0 saturated heterocycles. The topological polar surface area (TPSA) is 76.7 Å². The van der Waals surface area contributed by atoms with Crippen LogP contribution in [0.15, 0.2) is 42.6 Å². The van der Waals surface area contributed by atoms with Crippen LogP contribution in [-0.4, -0.2) is 32.8 Å². The maximum atomic E-state index is 11.6. The number of rotatable bonds is 2. The molecule has 0 saturated carbocycles. The summed E-state index contributed by atoms with van der Waals surface area (Å²) in [5, 5.41) is 17.5. The molecule has 3 aromatic rings.